The van der Waals surface area contributed by atoms with E-state index in [1.807, 2.05) is 43.0 Å². The van der Waals surface area contributed by atoms with E-state index in [9.17, 15) is 4.79 Å². The smallest absolute Gasteiger partial charge is 0.261 e. The van der Waals surface area contributed by atoms with Crippen LogP contribution in [0.2, 0.25) is 0 Å². The molecule has 0 saturated carbocycles. The standard InChI is InChI=1S/C12H16N4OS/c1-8(7-16-10(3)14-9(2)15-16)13-12(17)11-5-4-6-18-11/h4-6,8H,7H2,1-3H3,(H,13,17). The summed E-state index contributed by atoms with van der Waals surface area (Å²) < 4.78 is 1.81. The van der Waals surface area contributed by atoms with Gasteiger partial charge in [0.05, 0.1) is 11.4 Å². The Kier molecular flexibility index (Phi) is 3.76. The minimum atomic E-state index is -0.0352. The maximum Gasteiger partial charge on any atom is 0.261 e. The summed E-state index contributed by atoms with van der Waals surface area (Å²) in [5, 5.41) is 9.12. The molecule has 1 N–H and O–H groups in total. The Balaban J connectivity index is 1.95. The number of nitrogens with one attached hydrogen (secondary N) is 1. The van der Waals surface area contributed by atoms with Crippen LogP contribution in [0.15, 0.2) is 17.5 Å². The van der Waals surface area contributed by atoms with Gasteiger partial charge in [0.25, 0.3) is 5.91 Å². The quantitative estimate of drug-likeness (QED) is 0.915. The molecule has 1 amide bonds. The van der Waals surface area contributed by atoms with Crippen molar-refractivity contribution in [2.75, 3.05) is 0 Å². The normalized spacial score (nSPS) is 12.4. The summed E-state index contributed by atoms with van der Waals surface area (Å²) in [6.07, 6.45) is 0. The van der Waals surface area contributed by atoms with Crippen LogP contribution in [0, 0.1) is 13.8 Å². The Labute approximate surface area is 110 Å². The summed E-state index contributed by atoms with van der Waals surface area (Å²) in [4.78, 5) is 16.8. The Bertz CT molecular complexity index is 532. The molecule has 0 aliphatic heterocycles. The van der Waals surface area contributed by atoms with Crippen LogP contribution in [0.4, 0.5) is 0 Å². The molecule has 0 saturated heterocycles. The van der Waals surface area contributed by atoms with Crippen LogP contribution in [0.25, 0.3) is 0 Å². The Morgan fingerprint density at radius 1 is 1.56 bits per heavy atom. The van der Waals surface area contributed by atoms with Gasteiger partial charge in [-0.05, 0) is 32.2 Å². The van der Waals surface area contributed by atoms with Crippen molar-refractivity contribution in [1.29, 1.82) is 0 Å². The molecular formula is C12H16N4OS. The molecule has 2 aromatic heterocycles. The molecule has 0 spiro atoms. The van der Waals surface area contributed by atoms with Crippen LogP contribution in [0.3, 0.4) is 0 Å². The Morgan fingerprint density at radius 2 is 2.33 bits per heavy atom. The molecule has 0 radical (unpaired) electrons. The average Bonchev–Trinajstić information content (AvgIpc) is 2.89. The molecular weight excluding hydrogens is 248 g/mol. The second-order valence-corrected chi connectivity index (χ2v) is 5.19. The van der Waals surface area contributed by atoms with Crippen LogP contribution < -0.4 is 5.32 Å². The number of rotatable bonds is 4. The van der Waals surface area contributed by atoms with Gasteiger partial charge in [0.1, 0.15) is 11.6 Å². The van der Waals surface area contributed by atoms with Crippen molar-refractivity contribution < 1.29 is 4.79 Å². The van der Waals surface area contributed by atoms with Crippen LogP contribution in [-0.2, 0) is 6.54 Å². The van der Waals surface area contributed by atoms with Crippen molar-refractivity contribution in [3.63, 3.8) is 0 Å². The van der Waals surface area contributed by atoms with E-state index < -0.39 is 0 Å². The van der Waals surface area contributed by atoms with Gasteiger partial charge in [0, 0.05) is 6.04 Å². The molecule has 0 aliphatic rings. The second kappa shape index (κ2) is 5.30. The number of amides is 1. The van der Waals surface area contributed by atoms with Crippen molar-refractivity contribution in [3.05, 3.63) is 34.0 Å². The fraction of sp³-hybridized carbons (Fsp3) is 0.417. The maximum absolute atomic E-state index is 11.9. The number of thiophene rings is 1. The van der Waals surface area contributed by atoms with Gasteiger partial charge < -0.3 is 5.32 Å². The molecule has 6 heteroatoms. The number of aryl methyl sites for hydroxylation is 2. The molecule has 18 heavy (non-hydrogen) atoms. The number of carbonyl (C=O) groups excluding carboxylic acids is 1. The third-order valence-corrected chi connectivity index (χ3v) is 3.40. The lowest BCUT2D eigenvalue weighted by Gasteiger charge is -2.13. The topological polar surface area (TPSA) is 59.8 Å². The molecule has 1 unspecified atom stereocenters. The highest BCUT2D eigenvalue weighted by atomic mass is 32.1. The molecule has 1 atom stereocenters. The Hall–Kier alpha value is -1.69. The predicted octanol–water partition coefficient (Wildman–Crippen LogP) is 1.77. The van der Waals surface area contributed by atoms with Crippen LogP contribution in [0.1, 0.15) is 28.2 Å². The first-order valence-corrected chi connectivity index (χ1v) is 6.66. The third-order valence-electron chi connectivity index (χ3n) is 2.53. The highest BCUT2D eigenvalue weighted by Gasteiger charge is 2.12. The lowest BCUT2D eigenvalue weighted by Crippen LogP contribution is -2.35. The van der Waals surface area contributed by atoms with Crippen molar-refractivity contribution in [2.45, 2.75) is 33.4 Å². The molecule has 5 nitrogen and oxygen atoms in total. The second-order valence-electron chi connectivity index (χ2n) is 4.24. The summed E-state index contributed by atoms with van der Waals surface area (Å²) in [7, 11) is 0. The summed E-state index contributed by atoms with van der Waals surface area (Å²) in [5.41, 5.74) is 0. The van der Waals surface area contributed by atoms with Gasteiger partial charge in [-0.2, -0.15) is 5.10 Å². The first-order chi connectivity index (χ1) is 8.56. The van der Waals surface area contributed by atoms with Gasteiger partial charge in [-0.25, -0.2) is 9.67 Å². The molecule has 0 fully saturated rings. The summed E-state index contributed by atoms with van der Waals surface area (Å²) in [6.45, 7) is 6.36. The average molecular weight is 264 g/mol. The van der Waals surface area contributed by atoms with E-state index in [-0.39, 0.29) is 11.9 Å². The molecule has 0 bridgehead atoms. The van der Waals surface area contributed by atoms with E-state index in [1.165, 1.54) is 11.3 Å². The van der Waals surface area contributed by atoms with E-state index >= 15 is 0 Å². The van der Waals surface area contributed by atoms with Gasteiger partial charge in [-0.1, -0.05) is 6.07 Å². The first kappa shape index (κ1) is 12.8. The van der Waals surface area contributed by atoms with Crippen LogP contribution in [-0.4, -0.2) is 26.7 Å². The molecule has 2 heterocycles. The fourth-order valence-electron chi connectivity index (χ4n) is 1.74. The lowest BCUT2D eigenvalue weighted by molar-refractivity contribution is 0.0940. The van der Waals surface area contributed by atoms with E-state index in [2.05, 4.69) is 15.4 Å². The molecule has 2 rings (SSSR count). The van der Waals surface area contributed by atoms with Crippen molar-refractivity contribution in [3.8, 4) is 0 Å². The highest BCUT2D eigenvalue weighted by molar-refractivity contribution is 7.12. The molecule has 2 aromatic rings. The van der Waals surface area contributed by atoms with Crippen molar-refractivity contribution >= 4 is 17.2 Å². The van der Waals surface area contributed by atoms with Crippen molar-refractivity contribution in [1.82, 2.24) is 20.1 Å². The molecule has 0 aliphatic carbocycles. The summed E-state index contributed by atoms with van der Waals surface area (Å²) >= 11 is 1.44. The van der Waals surface area contributed by atoms with E-state index in [1.54, 1.807) is 0 Å². The van der Waals surface area contributed by atoms with E-state index in [4.69, 9.17) is 0 Å². The number of nitrogens with zero attached hydrogens (tertiary/aromatic N) is 3. The summed E-state index contributed by atoms with van der Waals surface area (Å²) in [6, 6.07) is 3.70. The fourth-order valence-corrected chi connectivity index (χ4v) is 2.37. The zero-order chi connectivity index (χ0) is 13.1. The van der Waals surface area contributed by atoms with Gasteiger partial charge in [-0.15, -0.1) is 11.3 Å². The third kappa shape index (κ3) is 2.95. The number of hydrogen-bond acceptors (Lipinski definition) is 4. The van der Waals surface area contributed by atoms with Crippen LogP contribution >= 0.6 is 11.3 Å². The van der Waals surface area contributed by atoms with Gasteiger partial charge in [-0.3, -0.25) is 4.79 Å². The van der Waals surface area contributed by atoms with Gasteiger partial charge >= 0.3 is 0 Å². The summed E-state index contributed by atoms with van der Waals surface area (Å²) in [5.74, 6) is 1.58. The minimum Gasteiger partial charge on any atom is -0.347 e. The SMILES string of the molecule is Cc1nc(C)n(CC(C)NC(=O)c2cccs2)n1. The zero-order valence-electron chi connectivity index (χ0n) is 10.7. The predicted molar refractivity (Wildman–Crippen MR) is 70.7 cm³/mol. The molecule has 96 valence electrons. The van der Waals surface area contributed by atoms with Crippen molar-refractivity contribution in [2.24, 2.45) is 0 Å². The maximum atomic E-state index is 11.9. The molecule has 0 aromatic carbocycles. The number of aromatic nitrogens is 3. The number of carbonyl (C=O) groups is 1. The van der Waals surface area contributed by atoms with Gasteiger partial charge in [0.15, 0.2) is 0 Å². The lowest BCUT2D eigenvalue weighted by atomic mass is 10.3. The van der Waals surface area contributed by atoms with E-state index in [0.717, 1.165) is 16.5 Å². The van der Waals surface area contributed by atoms with E-state index in [0.29, 0.717) is 6.54 Å². The first-order valence-electron chi connectivity index (χ1n) is 5.78. The minimum absolute atomic E-state index is 0.0133. The van der Waals surface area contributed by atoms with Crippen LogP contribution in [0.5, 0.6) is 0 Å². The van der Waals surface area contributed by atoms with Gasteiger partial charge in [0.2, 0.25) is 0 Å². The Morgan fingerprint density at radius 3 is 2.89 bits per heavy atom. The zero-order valence-corrected chi connectivity index (χ0v) is 11.5. The largest absolute Gasteiger partial charge is 0.347 e. The number of hydrogen-bond donors (Lipinski definition) is 1. The highest BCUT2D eigenvalue weighted by Crippen LogP contribution is 2.08. The monoisotopic (exact) mass is 264 g/mol.